The average Bonchev–Trinajstić information content (AvgIpc) is 3.24. The molecule has 5 heteroatoms. The van der Waals surface area contributed by atoms with Crippen LogP contribution in [-0.4, -0.2) is 16.5 Å². The monoisotopic (exact) mass is 334 g/mol. The van der Waals surface area contributed by atoms with Crippen LogP contribution in [0.5, 0.6) is 5.75 Å². The summed E-state index contributed by atoms with van der Waals surface area (Å²) in [5, 5.41) is 1.11. The van der Waals surface area contributed by atoms with E-state index >= 15 is 0 Å². The van der Waals surface area contributed by atoms with Crippen molar-refractivity contribution >= 4 is 37.5 Å². The molecule has 0 radical (unpaired) electrons. The summed E-state index contributed by atoms with van der Waals surface area (Å²) < 4.78 is 14.5. The van der Waals surface area contributed by atoms with Gasteiger partial charge in [-0.15, -0.1) is 0 Å². The minimum Gasteiger partial charge on any atom is -0.497 e. The molecule has 0 unspecified atom stereocenters. The molecule has 0 saturated carbocycles. The number of imidazole rings is 1. The molecule has 0 atom stereocenters. The highest BCUT2D eigenvalue weighted by molar-refractivity contribution is 7.23. The Hall–Kier alpha value is -2.79. The van der Waals surface area contributed by atoms with E-state index in [1.54, 1.807) is 18.4 Å². The van der Waals surface area contributed by atoms with E-state index in [0.29, 0.717) is 0 Å². The Balaban J connectivity index is 1.68. The van der Waals surface area contributed by atoms with Crippen LogP contribution < -0.4 is 4.74 Å². The van der Waals surface area contributed by atoms with E-state index < -0.39 is 0 Å². The SMILES string of the molecule is COc1ccc2c(c1)sc1nc(-c3cc4cc(C)ccc4o3)cn12. The lowest BCUT2D eigenvalue weighted by atomic mass is 10.2. The highest BCUT2D eigenvalue weighted by Gasteiger charge is 2.14. The van der Waals surface area contributed by atoms with Crippen molar-refractivity contribution < 1.29 is 9.15 Å². The van der Waals surface area contributed by atoms with Crippen molar-refractivity contribution in [1.82, 2.24) is 9.38 Å². The Kier molecular flexibility index (Phi) is 2.76. The van der Waals surface area contributed by atoms with Crippen LogP contribution in [0.25, 0.3) is 37.6 Å². The van der Waals surface area contributed by atoms with Gasteiger partial charge in [0.1, 0.15) is 17.0 Å². The van der Waals surface area contributed by atoms with E-state index in [2.05, 4.69) is 35.6 Å². The Labute approximate surface area is 141 Å². The first kappa shape index (κ1) is 13.6. The zero-order valence-electron chi connectivity index (χ0n) is 13.2. The van der Waals surface area contributed by atoms with E-state index in [1.807, 2.05) is 24.4 Å². The summed E-state index contributed by atoms with van der Waals surface area (Å²) in [6.07, 6.45) is 2.03. The lowest BCUT2D eigenvalue weighted by Gasteiger charge is -1.98. The molecule has 3 heterocycles. The number of benzene rings is 2. The number of fused-ring (bicyclic) bond motifs is 4. The fourth-order valence-corrected chi connectivity index (χ4v) is 4.05. The number of rotatable bonds is 2. The fraction of sp³-hybridized carbons (Fsp3) is 0.105. The van der Waals surface area contributed by atoms with E-state index in [4.69, 9.17) is 14.1 Å². The second-order valence-electron chi connectivity index (χ2n) is 5.87. The molecule has 118 valence electrons. The van der Waals surface area contributed by atoms with E-state index in [9.17, 15) is 0 Å². The number of thiazole rings is 1. The summed E-state index contributed by atoms with van der Waals surface area (Å²) in [7, 11) is 1.68. The molecule has 0 spiro atoms. The number of nitrogens with zero attached hydrogens (tertiary/aromatic N) is 2. The van der Waals surface area contributed by atoms with Gasteiger partial charge in [-0.3, -0.25) is 4.40 Å². The highest BCUT2D eigenvalue weighted by Crippen LogP contribution is 2.33. The number of aromatic nitrogens is 2. The Morgan fingerprint density at radius 1 is 1.12 bits per heavy atom. The van der Waals surface area contributed by atoms with Crippen LogP contribution in [0.1, 0.15) is 5.56 Å². The maximum atomic E-state index is 5.97. The van der Waals surface area contributed by atoms with Gasteiger partial charge in [0, 0.05) is 11.6 Å². The maximum Gasteiger partial charge on any atom is 0.195 e. The van der Waals surface area contributed by atoms with Crippen LogP contribution in [0.2, 0.25) is 0 Å². The predicted molar refractivity (Wildman–Crippen MR) is 97.1 cm³/mol. The molecule has 0 bridgehead atoms. The summed E-state index contributed by atoms with van der Waals surface area (Å²) in [6, 6.07) is 14.3. The topological polar surface area (TPSA) is 39.7 Å². The van der Waals surface area contributed by atoms with Crippen LogP contribution in [0.15, 0.2) is 53.1 Å². The lowest BCUT2D eigenvalue weighted by molar-refractivity contribution is 0.415. The molecule has 0 aliphatic rings. The zero-order valence-corrected chi connectivity index (χ0v) is 14.1. The first-order valence-electron chi connectivity index (χ1n) is 7.67. The van der Waals surface area contributed by atoms with Gasteiger partial charge in [0.15, 0.2) is 10.7 Å². The van der Waals surface area contributed by atoms with Gasteiger partial charge in [0.2, 0.25) is 0 Å². The van der Waals surface area contributed by atoms with Gasteiger partial charge in [-0.1, -0.05) is 23.0 Å². The van der Waals surface area contributed by atoms with Crippen molar-refractivity contribution in [2.75, 3.05) is 7.11 Å². The van der Waals surface area contributed by atoms with Crippen LogP contribution in [0.3, 0.4) is 0 Å². The second-order valence-corrected chi connectivity index (χ2v) is 6.88. The molecule has 0 saturated heterocycles. The van der Waals surface area contributed by atoms with Crippen molar-refractivity contribution in [1.29, 1.82) is 0 Å². The molecule has 24 heavy (non-hydrogen) atoms. The molecule has 5 aromatic rings. The number of hydrogen-bond acceptors (Lipinski definition) is 4. The number of furan rings is 1. The first-order valence-corrected chi connectivity index (χ1v) is 8.49. The minimum atomic E-state index is 0.799. The summed E-state index contributed by atoms with van der Waals surface area (Å²) in [5.74, 6) is 1.66. The summed E-state index contributed by atoms with van der Waals surface area (Å²) in [4.78, 5) is 5.69. The molecule has 0 amide bonds. The largest absolute Gasteiger partial charge is 0.497 e. The molecule has 0 aliphatic heterocycles. The molecule has 3 aromatic heterocycles. The zero-order chi connectivity index (χ0) is 16.3. The molecule has 0 N–H and O–H groups in total. The summed E-state index contributed by atoms with van der Waals surface area (Å²) in [5.41, 5.74) is 4.09. The van der Waals surface area contributed by atoms with Crippen molar-refractivity contribution in [2.24, 2.45) is 0 Å². The van der Waals surface area contributed by atoms with Crippen molar-refractivity contribution in [3.8, 4) is 17.2 Å². The van der Waals surface area contributed by atoms with Gasteiger partial charge in [0.05, 0.1) is 17.3 Å². The van der Waals surface area contributed by atoms with Gasteiger partial charge in [-0.05, 0) is 43.3 Å². The van der Waals surface area contributed by atoms with Gasteiger partial charge < -0.3 is 9.15 Å². The first-order chi connectivity index (χ1) is 11.7. The third-order valence-corrected chi connectivity index (χ3v) is 5.24. The Bertz CT molecular complexity index is 1210. The van der Waals surface area contributed by atoms with E-state index in [-0.39, 0.29) is 0 Å². The quantitative estimate of drug-likeness (QED) is 0.441. The van der Waals surface area contributed by atoms with Gasteiger partial charge >= 0.3 is 0 Å². The second kappa shape index (κ2) is 4.85. The van der Waals surface area contributed by atoms with Crippen molar-refractivity contribution in [2.45, 2.75) is 6.92 Å². The predicted octanol–water partition coefficient (Wildman–Crippen LogP) is 5.28. The minimum absolute atomic E-state index is 0.799. The van der Waals surface area contributed by atoms with Crippen LogP contribution in [-0.2, 0) is 0 Å². The maximum absolute atomic E-state index is 5.97. The van der Waals surface area contributed by atoms with Crippen LogP contribution in [0.4, 0.5) is 0 Å². The molecular weight excluding hydrogens is 320 g/mol. The number of ether oxygens (including phenoxy) is 1. The normalized spacial score (nSPS) is 11.8. The Morgan fingerprint density at radius 2 is 2.04 bits per heavy atom. The number of hydrogen-bond donors (Lipinski definition) is 0. The summed E-state index contributed by atoms with van der Waals surface area (Å²) in [6.45, 7) is 2.08. The highest BCUT2D eigenvalue weighted by atomic mass is 32.1. The van der Waals surface area contributed by atoms with Gasteiger partial charge in [-0.2, -0.15) is 0 Å². The molecule has 5 rings (SSSR count). The Morgan fingerprint density at radius 3 is 2.92 bits per heavy atom. The average molecular weight is 334 g/mol. The van der Waals surface area contributed by atoms with Gasteiger partial charge in [0.25, 0.3) is 0 Å². The van der Waals surface area contributed by atoms with Crippen LogP contribution >= 0.6 is 11.3 Å². The third-order valence-electron chi connectivity index (χ3n) is 4.23. The lowest BCUT2D eigenvalue weighted by Crippen LogP contribution is -1.82. The third kappa shape index (κ3) is 1.95. The number of aryl methyl sites for hydroxylation is 1. The van der Waals surface area contributed by atoms with Gasteiger partial charge in [-0.25, -0.2) is 4.98 Å². The molecule has 2 aromatic carbocycles. The van der Waals surface area contributed by atoms with Crippen molar-refractivity contribution in [3.63, 3.8) is 0 Å². The van der Waals surface area contributed by atoms with Crippen LogP contribution in [0, 0.1) is 6.92 Å². The van der Waals surface area contributed by atoms with E-state index in [1.165, 1.54) is 5.56 Å². The molecular formula is C19H14N2O2S. The fourth-order valence-electron chi connectivity index (χ4n) is 3.02. The van der Waals surface area contributed by atoms with E-state index in [0.717, 1.165) is 43.4 Å². The summed E-state index contributed by atoms with van der Waals surface area (Å²) >= 11 is 1.65. The smallest absolute Gasteiger partial charge is 0.195 e. The molecule has 4 nitrogen and oxygen atoms in total. The molecule has 0 aliphatic carbocycles. The number of methoxy groups -OCH3 is 1. The van der Waals surface area contributed by atoms with Crippen molar-refractivity contribution in [3.05, 3.63) is 54.2 Å². The standard InChI is InChI=1S/C19H14N2O2S/c1-11-3-6-16-12(7-11)8-17(23-16)14-10-21-15-5-4-13(22-2)9-18(15)24-19(21)20-14/h3-10H,1-2H3. The molecule has 0 fully saturated rings.